The van der Waals surface area contributed by atoms with Crippen molar-refractivity contribution >= 4 is 5.97 Å². The first kappa shape index (κ1) is 11.2. The van der Waals surface area contributed by atoms with Gasteiger partial charge in [0.2, 0.25) is 0 Å². The van der Waals surface area contributed by atoms with Crippen LogP contribution in [-0.2, 0) is 4.79 Å². The van der Waals surface area contributed by atoms with E-state index in [4.69, 9.17) is 5.11 Å². The third kappa shape index (κ3) is 7.32. The quantitative estimate of drug-likeness (QED) is 0.471. The summed E-state index contributed by atoms with van der Waals surface area (Å²) in [5.74, 6) is -0.376. The second-order valence-electron chi connectivity index (χ2n) is 3.28. The smallest absolute Gasteiger partial charge is 0.303 e. The molecule has 0 aromatic rings. The predicted molar refractivity (Wildman–Crippen MR) is 50.1 cm³/mol. The number of hydrogen-bond acceptors (Lipinski definition) is 1. The number of rotatable bonds is 7. The fourth-order valence-corrected chi connectivity index (χ4v) is 1.18. The minimum absolute atomic E-state index is 0.300. The molecule has 1 N–H and O–H groups in total. The number of aliphatic carboxylic acids is 1. The van der Waals surface area contributed by atoms with Gasteiger partial charge >= 0.3 is 5.97 Å². The van der Waals surface area contributed by atoms with Crippen molar-refractivity contribution < 1.29 is 9.90 Å². The molecule has 0 unspecified atom stereocenters. The van der Waals surface area contributed by atoms with Gasteiger partial charge in [-0.2, -0.15) is 0 Å². The highest BCUT2D eigenvalue weighted by molar-refractivity contribution is 5.66. The molecular formula is C10H18O2. The Morgan fingerprint density at radius 2 is 2.25 bits per heavy atom. The van der Waals surface area contributed by atoms with E-state index < -0.39 is 5.97 Å². The van der Waals surface area contributed by atoms with E-state index in [2.05, 4.69) is 6.58 Å². The summed E-state index contributed by atoms with van der Waals surface area (Å²) in [5, 5.41) is 8.47. The van der Waals surface area contributed by atoms with Gasteiger partial charge in [0.25, 0.3) is 0 Å². The van der Waals surface area contributed by atoms with Gasteiger partial charge < -0.3 is 5.11 Å². The van der Waals surface area contributed by atoms with Gasteiger partial charge in [0, 0.05) is 6.42 Å². The van der Waals surface area contributed by atoms with Crippen LogP contribution >= 0.6 is 0 Å². The minimum Gasteiger partial charge on any atom is -0.481 e. The van der Waals surface area contributed by atoms with Crippen molar-refractivity contribution in [1.82, 2.24) is 0 Å². The normalized spacial score (nSPS) is 12.4. The lowest BCUT2D eigenvalue weighted by Crippen LogP contribution is -2.03. The predicted octanol–water partition coefficient (Wildman–Crippen LogP) is 2.84. The van der Waals surface area contributed by atoms with E-state index in [0.29, 0.717) is 12.3 Å². The first-order valence-corrected chi connectivity index (χ1v) is 4.49. The van der Waals surface area contributed by atoms with Crippen molar-refractivity contribution in [3.63, 3.8) is 0 Å². The van der Waals surface area contributed by atoms with Crippen molar-refractivity contribution in [1.29, 1.82) is 0 Å². The lowest BCUT2D eigenvalue weighted by Gasteiger charge is -2.06. The monoisotopic (exact) mass is 170 g/mol. The van der Waals surface area contributed by atoms with E-state index in [-0.39, 0.29) is 0 Å². The first-order chi connectivity index (χ1) is 5.66. The molecule has 0 heterocycles. The molecule has 0 aromatic carbocycles. The summed E-state index contributed by atoms with van der Waals surface area (Å²) in [7, 11) is 0. The molecule has 2 nitrogen and oxygen atoms in total. The first-order valence-electron chi connectivity index (χ1n) is 4.49. The molecule has 0 amide bonds. The Morgan fingerprint density at radius 3 is 2.75 bits per heavy atom. The van der Waals surface area contributed by atoms with E-state index in [0.717, 1.165) is 25.7 Å². The zero-order valence-corrected chi connectivity index (χ0v) is 7.75. The Bertz CT molecular complexity index is 141. The van der Waals surface area contributed by atoms with Crippen LogP contribution < -0.4 is 0 Å². The summed E-state index contributed by atoms with van der Waals surface area (Å²) in [6.45, 7) is 5.62. The van der Waals surface area contributed by atoms with Gasteiger partial charge in [-0.25, -0.2) is 0 Å². The number of carboxylic acid groups (broad SMARTS) is 1. The van der Waals surface area contributed by atoms with Gasteiger partial charge in [-0.15, -0.1) is 6.58 Å². The molecular weight excluding hydrogens is 152 g/mol. The van der Waals surface area contributed by atoms with Crippen LogP contribution in [0.2, 0.25) is 0 Å². The van der Waals surface area contributed by atoms with Crippen molar-refractivity contribution in [3.8, 4) is 0 Å². The molecule has 0 saturated heterocycles. The van der Waals surface area contributed by atoms with Gasteiger partial charge in [-0.1, -0.05) is 25.8 Å². The number of carbonyl (C=O) groups is 1. The van der Waals surface area contributed by atoms with Crippen molar-refractivity contribution in [3.05, 3.63) is 12.7 Å². The molecule has 0 aliphatic carbocycles. The second-order valence-corrected chi connectivity index (χ2v) is 3.28. The van der Waals surface area contributed by atoms with E-state index in [9.17, 15) is 4.79 Å². The van der Waals surface area contributed by atoms with Crippen LogP contribution in [0.1, 0.15) is 39.0 Å². The topological polar surface area (TPSA) is 37.3 Å². The molecule has 0 saturated carbocycles. The molecule has 0 fully saturated rings. The van der Waals surface area contributed by atoms with E-state index in [1.165, 1.54) is 0 Å². The molecule has 12 heavy (non-hydrogen) atoms. The summed E-state index contributed by atoms with van der Waals surface area (Å²) in [6, 6.07) is 0. The van der Waals surface area contributed by atoms with Crippen LogP contribution in [0.15, 0.2) is 12.7 Å². The number of allylic oxidation sites excluding steroid dienone is 1. The van der Waals surface area contributed by atoms with Gasteiger partial charge in [-0.05, 0) is 18.8 Å². The van der Waals surface area contributed by atoms with Gasteiger partial charge in [0.1, 0.15) is 0 Å². The SMILES string of the molecule is C=CCCCC[C@H](C)CC(=O)O. The Hall–Kier alpha value is -0.790. The van der Waals surface area contributed by atoms with Crippen LogP contribution in [0.4, 0.5) is 0 Å². The standard InChI is InChI=1S/C10H18O2/c1-3-4-5-6-7-9(2)8-10(11)12/h3,9H,1,4-8H2,2H3,(H,11,12)/t9-/m0/s1. The van der Waals surface area contributed by atoms with Crippen molar-refractivity contribution in [2.24, 2.45) is 5.92 Å². The summed E-state index contributed by atoms with van der Waals surface area (Å²) in [5.41, 5.74) is 0. The highest BCUT2D eigenvalue weighted by atomic mass is 16.4. The average Bonchev–Trinajstić information content (AvgIpc) is 1.97. The maximum absolute atomic E-state index is 10.3. The highest BCUT2D eigenvalue weighted by Crippen LogP contribution is 2.12. The van der Waals surface area contributed by atoms with Gasteiger partial charge in [0.15, 0.2) is 0 Å². The molecule has 1 atom stereocenters. The molecule has 0 bridgehead atoms. The highest BCUT2D eigenvalue weighted by Gasteiger charge is 2.06. The van der Waals surface area contributed by atoms with Crippen LogP contribution in [0.3, 0.4) is 0 Å². The van der Waals surface area contributed by atoms with Crippen molar-refractivity contribution in [2.75, 3.05) is 0 Å². The van der Waals surface area contributed by atoms with E-state index in [1.54, 1.807) is 0 Å². The van der Waals surface area contributed by atoms with Crippen molar-refractivity contribution in [2.45, 2.75) is 39.0 Å². The Labute approximate surface area is 74.3 Å². The lowest BCUT2D eigenvalue weighted by molar-refractivity contribution is -0.138. The second kappa shape index (κ2) is 6.89. The van der Waals surface area contributed by atoms with Crippen LogP contribution in [-0.4, -0.2) is 11.1 Å². The van der Waals surface area contributed by atoms with Crippen LogP contribution in [0.5, 0.6) is 0 Å². The molecule has 0 radical (unpaired) electrons. The van der Waals surface area contributed by atoms with Crippen LogP contribution in [0.25, 0.3) is 0 Å². The molecule has 0 spiro atoms. The number of carboxylic acids is 1. The summed E-state index contributed by atoms with van der Waals surface area (Å²) >= 11 is 0. The van der Waals surface area contributed by atoms with Gasteiger partial charge in [-0.3, -0.25) is 4.79 Å². The summed E-state index contributed by atoms with van der Waals surface area (Å²) in [4.78, 5) is 10.3. The fraction of sp³-hybridized carbons (Fsp3) is 0.700. The van der Waals surface area contributed by atoms with Crippen LogP contribution in [0, 0.1) is 5.92 Å². The Balaban J connectivity index is 3.24. The third-order valence-corrected chi connectivity index (χ3v) is 1.88. The summed E-state index contributed by atoms with van der Waals surface area (Å²) < 4.78 is 0. The lowest BCUT2D eigenvalue weighted by atomic mass is 10.00. The maximum Gasteiger partial charge on any atom is 0.303 e. The van der Waals surface area contributed by atoms with E-state index in [1.807, 2.05) is 13.0 Å². The molecule has 0 aromatic heterocycles. The molecule has 2 heteroatoms. The Morgan fingerprint density at radius 1 is 1.58 bits per heavy atom. The molecule has 0 aliphatic heterocycles. The maximum atomic E-state index is 10.3. The zero-order valence-electron chi connectivity index (χ0n) is 7.75. The van der Waals surface area contributed by atoms with E-state index >= 15 is 0 Å². The minimum atomic E-state index is -0.689. The molecule has 0 aliphatic rings. The third-order valence-electron chi connectivity index (χ3n) is 1.88. The zero-order chi connectivity index (χ0) is 9.40. The Kier molecular flexibility index (Phi) is 6.44. The fourth-order valence-electron chi connectivity index (χ4n) is 1.18. The molecule has 70 valence electrons. The van der Waals surface area contributed by atoms with Gasteiger partial charge in [0.05, 0.1) is 0 Å². The number of hydrogen-bond donors (Lipinski definition) is 1. The summed E-state index contributed by atoms with van der Waals surface area (Å²) in [6.07, 6.45) is 6.50. The number of unbranched alkanes of at least 4 members (excludes halogenated alkanes) is 2. The average molecular weight is 170 g/mol. The molecule has 0 rings (SSSR count). The largest absolute Gasteiger partial charge is 0.481 e.